The van der Waals surface area contributed by atoms with E-state index in [1.165, 1.54) is 17.0 Å². The Hall–Kier alpha value is -5.59. The molecule has 0 radical (unpaired) electrons. The summed E-state index contributed by atoms with van der Waals surface area (Å²) in [6, 6.07) is 20.3. The Bertz CT molecular complexity index is 2700. The van der Waals surface area contributed by atoms with E-state index in [0.717, 1.165) is 56.6 Å². The Morgan fingerprint density at radius 3 is 1.73 bits per heavy atom. The van der Waals surface area contributed by atoms with Crippen LogP contribution in [0.3, 0.4) is 0 Å². The number of hydrogen-bond acceptors (Lipinski definition) is 9. The van der Waals surface area contributed by atoms with Gasteiger partial charge >= 0.3 is 6.09 Å². The van der Waals surface area contributed by atoms with Crippen LogP contribution in [0.4, 0.5) is 13.6 Å². The highest BCUT2D eigenvalue weighted by Crippen LogP contribution is 2.33. The van der Waals surface area contributed by atoms with Crippen LogP contribution < -0.4 is 14.8 Å². The average Bonchev–Trinajstić information content (AvgIpc) is 4.13. The zero-order chi connectivity index (χ0) is 47.8. The van der Waals surface area contributed by atoms with Crippen molar-refractivity contribution in [3.63, 3.8) is 0 Å². The number of rotatable bonds is 14. The van der Waals surface area contributed by atoms with E-state index < -0.39 is 23.6 Å². The minimum atomic E-state index is -0.614. The normalized spacial score (nSPS) is 15.9. The van der Waals surface area contributed by atoms with Gasteiger partial charge in [0.1, 0.15) is 46.2 Å². The number of fused-ring (bicyclic) bond motifs is 2. The Morgan fingerprint density at radius 2 is 1.25 bits per heavy atom. The molecule has 3 amide bonds. The lowest BCUT2D eigenvalue weighted by Gasteiger charge is -2.30. The molecule has 4 aromatic carbocycles. The second-order valence-electron chi connectivity index (χ2n) is 17.7. The Labute approximate surface area is 405 Å². The third kappa shape index (κ3) is 12.5. The minimum Gasteiger partial charge on any atom is -0.493 e. The predicted molar refractivity (Wildman–Crippen MR) is 261 cm³/mol. The highest BCUT2D eigenvalue weighted by molar-refractivity contribution is 9.10. The van der Waals surface area contributed by atoms with Crippen LogP contribution in [-0.4, -0.2) is 124 Å². The molecule has 2 aromatic heterocycles. The quantitative estimate of drug-likeness (QED) is 0.0904. The van der Waals surface area contributed by atoms with Crippen LogP contribution in [0.1, 0.15) is 59.3 Å². The number of likely N-dealkylation sites (tertiary alicyclic amines) is 1. The number of hydrogen-bond donors (Lipinski definition) is 3. The lowest BCUT2D eigenvalue weighted by molar-refractivity contribution is -0.134. The molecule has 2 saturated heterocycles. The van der Waals surface area contributed by atoms with Crippen LogP contribution in [0.15, 0.2) is 81.7 Å². The number of nitrogens with zero attached hydrogens (tertiary/aromatic N) is 5. The second-order valence-corrected chi connectivity index (χ2v) is 19.5. The number of ether oxygens (including phenoxy) is 3. The van der Waals surface area contributed by atoms with Crippen LogP contribution >= 0.6 is 31.9 Å². The second kappa shape index (κ2) is 22.0. The van der Waals surface area contributed by atoms with Gasteiger partial charge in [-0.2, -0.15) is 10.2 Å². The third-order valence-electron chi connectivity index (χ3n) is 11.5. The van der Waals surface area contributed by atoms with E-state index in [4.69, 9.17) is 14.2 Å². The molecule has 0 aliphatic carbocycles. The molecule has 67 heavy (non-hydrogen) atoms. The van der Waals surface area contributed by atoms with Gasteiger partial charge in [0.05, 0.1) is 30.3 Å². The third-order valence-corrected chi connectivity index (χ3v) is 12.5. The molecule has 0 unspecified atom stereocenters. The molecule has 0 spiro atoms. The number of amides is 3. The van der Waals surface area contributed by atoms with E-state index in [9.17, 15) is 23.2 Å². The van der Waals surface area contributed by atoms with E-state index in [1.54, 1.807) is 41.1 Å². The first-order chi connectivity index (χ1) is 32.1. The van der Waals surface area contributed by atoms with Gasteiger partial charge in [-0.25, -0.2) is 13.6 Å². The zero-order valence-corrected chi connectivity index (χ0v) is 41.4. The van der Waals surface area contributed by atoms with Crippen molar-refractivity contribution in [2.24, 2.45) is 0 Å². The summed E-state index contributed by atoms with van der Waals surface area (Å²) in [7, 11) is 3.53. The van der Waals surface area contributed by atoms with Gasteiger partial charge in [0.2, 0.25) is 11.8 Å². The lowest BCUT2D eigenvalue weighted by Crippen LogP contribution is -2.48. The number of halogens is 4. The minimum absolute atomic E-state index is 0.0585. The number of aromatic nitrogens is 4. The maximum absolute atomic E-state index is 14.9. The van der Waals surface area contributed by atoms with E-state index in [2.05, 4.69) is 57.6 Å². The Kier molecular flexibility index (Phi) is 16.2. The number of nitrogens with one attached hydrogen (secondary N) is 3. The molecule has 2 aliphatic rings. The summed E-state index contributed by atoms with van der Waals surface area (Å²) in [5.41, 5.74) is 2.96. The Balaban J connectivity index is 0.000000203. The molecule has 14 nitrogen and oxygen atoms in total. The molecule has 18 heteroatoms. The van der Waals surface area contributed by atoms with Crippen molar-refractivity contribution in [1.82, 2.24) is 40.4 Å². The molecular weight excluding hydrogens is 994 g/mol. The number of carbonyl (C=O) groups excluding carboxylic acids is 3. The van der Waals surface area contributed by atoms with Crippen LogP contribution in [0.25, 0.3) is 44.3 Å². The molecule has 0 bridgehead atoms. The molecule has 8 rings (SSSR count). The first-order valence-electron chi connectivity index (χ1n) is 22.4. The van der Waals surface area contributed by atoms with Gasteiger partial charge in [-0.3, -0.25) is 24.7 Å². The Morgan fingerprint density at radius 1 is 0.731 bits per heavy atom. The predicted octanol–water partition coefficient (Wildman–Crippen LogP) is 9.87. The number of aromatic amines is 2. The van der Waals surface area contributed by atoms with Gasteiger partial charge in [-0.05, 0) is 127 Å². The van der Waals surface area contributed by atoms with Crippen LogP contribution in [0.5, 0.6) is 11.5 Å². The van der Waals surface area contributed by atoms with Crippen LogP contribution in [0.2, 0.25) is 0 Å². The molecule has 4 heterocycles. The van der Waals surface area contributed by atoms with Crippen LogP contribution in [-0.2, 0) is 14.3 Å². The van der Waals surface area contributed by atoms with E-state index in [1.807, 2.05) is 64.2 Å². The summed E-state index contributed by atoms with van der Waals surface area (Å²) in [4.78, 5) is 42.6. The van der Waals surface area contributed by atoms with Crippen molar-refractivity contribution < 1.29 is 37.4 Å². The molecule has 2 atom stereocenters. The van der Waals surface area contributed by atoms with Gasteiger partial charge in [-0.1, -0.05) is 31.9 Å². The maximum atomic E-state index is 14.9. The molecule has 2 fully saturated rings. The number of benzene rings is 4. The zero-order valence-electron chi connectivity index (χ0n) is 38.3. The van der Waals surface area contributed by atoms with Gasteiger partial charge in [-0.15, -0.1) is 0 Å². The summed E-state index contributed by atoms with van der Waals surface area (Å²) in [5.74, 6) is 0.0705. The average molecular weight is 1050 g/mol. The van der Waals surface area contributed by atoms with E-state index >= 15 is 0 Å². The fraction of sp³-hybridized carbons (Fsp3) is 0.408. The molecular formula is C49H56Br2F2N8O6. The highest BCUT2D eigenvalue weighted by Gasteiger charge is 2.38. The first kappa shape index (κ1) is 49.3. The van der Waals surface area contributed by atoms with Crippen molar-refractivity contribution in [2.75, 3.05) is 53.5 Å². The molecule has 6 aromatic rings. The first-order valence-corrected chi connectivity index (χ1v) is 24.0. The largest absolute Gasteiger partial charge is 0.493 e. The topological polar surface area (TPSA) is 158 Å². The van der Waals surface area contributed by atoms with Crippen molar-refractivity contribution in [2.45, 2.75) is 77.0 Å². The van der Waals surface area contributed by atoms with Gasteiger partial charge in [0, 0.05) is 76.7 Å². The smallest absolute Gasteiger partial charge is 0.410 e. The van der Waals surface area contributed by atoms with Crippen molar-refractivity contribution in [1.29, 1.82) is 0 Å². The molecule has 0 saturated carbocycles. The summed E-state index contributed by atoms with van der Waals surface area (Å²) in [6.07, 6.45) is 4.10. The summed E-state index contributed by atoms with van der Waals surface area (Å²) < 4.78 is 48.4. The monoisotopic (exact) mass is 1050 g/mol. The summed E-state index contributed by atoms with van der Waals surface area (Å²) >= 11 is 6.84. The highest BCUT2D eigenvalue weighted by atomic mass is 79.9. The fourth-order valence-electron chi connectivity index (χ4n) is 8.13. The number of carbonyl (C=O) groups is 3. The van der Waals surface area contributed by atoms with E-state index in [0.29, 0.717) is 86.1 Å². The molecule has 356 valence electrons. The maximum Gasteiger partial charge on any atom is 0.410 e. The fourth-order valence-corrected chi connectivity index (χ4v) is 8.85. The standard InChI is InChI=1S/C27H32BrFN4O4.C22H24BrFN4O2/c1-27(2,3)37-26(35)33-13-5-7-23(33)25(34)32(4)12-6-14-36-18-9-11-19(21(29)16-18)24-20-10-8-17(28)15-22(20)30-31-24;1-28(22(29)19-4-2-9-25-19)10-3-11-30-15-6-8-16(18(24)13-15)21-17-7-5-14(23)12-20(17)26-27-21/h8-11,15-16,23H,5-7,12-14H2,1-4H3,(H,30,31);5-8,12-13,19,25H,2-4,9-11H2,1H3,(H,26,27)/t23-;19-/m00/s1. The van der Waals surface area contributed by atoms with E-state index in [-0.39, 0.29) is 23.7 Å². The summed E-state index contributed by atoms with van der Waals surface area (Å²) in [6.45, 7) is 8.62. The van der Waals surface area contributed by atoms with Crippen molar-refractivity contribution >= 4 is 71.6 Å². The lowest BCUT2D eigenvalue weighted by atomic mass is 10.1. The molecule has 2 aliphatic heterocycles. The number of likely N-dealkylation sites (N-methyl/N-ethyl adjacent to an activating group) is 2. The van der Waals surface area contributed by atoms with Crippen LogP contribution in [0, 0.1) is 11.6 Å². The molecule has 3 N–H and O–H groups in total. The van der Waals surface area contributed by atoms with Crippen molar-refractivity contribution in [3.05, 3.63) is 93.4 Å². The van der Waals surface area contributed by atoms with Gasteiger partial charge in [0.15, 0.2) is 0 Å². The SMILES string of the molecule is CN(CCCOc1ccc(-c2n[nH]c3cc(Br)ccc23)c(F)c1)C(=O)[C@@H]1CCCN1.CN(CCCOc1ccc(-c2n[nH]c3cc(Br)ccc23)c(F)c1)C(=O)[C@@H]1CCCN1C(=O)OC(C)(C)C. The summed E-state index contributed by atoms with van der Waals surface area (Å²) in [5, 5.41) is 19.3. The van der Waals surface area contributed by atoms with Gasteiger partial charge in [0.25, 0.3) is 0 Å². The number of H-pyrrole nitrogens is 2. The van der Waals surface area contributed by atoms with Crippen molar-refractivity contribution in [3.8, 4) is 34.0 Å². The van der Waals surface area contributed by atoms with Gasteiger partial charge < -0.3 is 29.3 Å².